The SMILES string of the molecule is C=CC(=O)OC1(CCC)CCCCC1(C(=O)O)C(=O)O. The van der Waals surface area contributed by atoms with Gasteiger partial charge in [-0.1, -0.05) is 26.3 Å². The van der Waals surface area contributed by atoms with Gasteiger partial charge in [-0.2, -0.15) is 0 Å². The number of rotatable bonds is 6. The van der Waals surface area contributed by atoms with E-state index in [0.29, 0.717) is 19.3 Å². The van der Waals surface area contributed by atoms with Crippen LogP contribution in [0.4, 0.5) is 0 Å². The molecule has 0 aliphatic heterocycles. The second-order valence-corrected chi connectivity index (χ2v) is 5.09. The molecule has 0 aromatic carbocycles. The molecule has 1 aliphatic carbocycles. The van der Waals surface area contributed by atoms with Crippen LogP contribution in [0, 0.1) is 5.41 Å². The van der Waals surface area contributed by atoms with Gasteiger partial charge in [-0.15, -0.1) is 0 Å². The highest BCUT2D eigenvalue weighted by Crippen LogP contribution is 2.50. The zero-order valence-corrected chi connectivity index (χ0v) is 11.6. The van der Waals surface area contributed by atoms with Gasteiger partial charge < -0.3 is 14.9 Å². The number of aliphatic carboxylic acids is 2. The van der Waals surface area contributed by atoms with Crippen molar-refractivity contribution in [2.45, 2.75) is 51.0 Å². The Morgan fingerprint density at radius 1 is 1.20 bits per heavy atom. The van der Waals surface area contributed by atoms with Gasteiger partial charge in [0.2, 0.25) is 5.41 Å². The van der Waals surface area contributed by atoms with Crippen LogP contribution in [0.3, 0.4) is 0 Å². The molecule has 1 saturated carbocycles. The van der Waals surface area contributed by atoms with Gasteiger partial charge in [0.15, 0.2) is 0 Å². The molecule has 0 aromatic heterocycles. The molecule has 0 bridgehead atoms. The minimum atomic E-state index is -2.08. The first-order valence-corrected chi connectivity index (χ1v) is 6.68. The Balaban J connectivity index is 3.39. The monoisotopic (exact) mass is 284 g/mol. The topological polar surface area (TPSA) is 101 Å². The molecular formula is C14H20O6. The Labute approximate surface area is 117 Å². The molecular weight excluding hydrogens is 264 g/mol. The summed E-state index contributed by atoms with van der Waals surface area (Å²) in [4.78, 5) is 34.9. The fraction of sp³-hybridized carbons (Fsp3) is 0.643. The van der Waals surface area contributed by atoms with Crippen molar-refractivity contribution in [2.24, 2.45) is 5.41 Å². The summed E-state index contributed by atoms with van der Waals surface area (Å²) in [5.74, 6) is -3.68. The molecule has 1 atom stereocenters. The largest absolute Gasteiger partial charge is 0.480 e. The molecule has 112 valence electrons. The Morgan fingerprint density at radius 3 is 2.20 bits per heavy atom. The molecule has 0 spiro atoms. The first kappa shape index (κ1) is 16.2. The van der Waals surface area contributed by atoms with Gasteiger partial charge in [0, 0.05) is 6.08 Å². The molecule has 1 fully saturated rings. The quantitative estimate of drug-likeness (QED) is 0.439. The zero-order valence-electron chi connectivity index (χ0n) is 11.6. The number of carboxylic acids is 2. The van der Waals surface area contributed by atoms with E-state index in [9.17, 15) is 24.6 Å². The Bertz CT molecular complexity index is 409. The van der Waals surface area contributed by atoms with Gasteiger partial charge in [-0.05, 0) is 25.7 Å². The lowest BCUT2D eigenvalue weighted by atomic mass is 9.61. The van der Waals surface area contributed by atoms with Crippen LogP contribution in [0.15, 0.2) is 12.7 Å². The molecule has 0 aromatic rings. The third-order valence-corrected chi connectivity index (χ3v) is 4.01. The van der Waals surface area contributed by atoms with Crippen LogP contribution in [-0.2, 0) is 19.1 Å². The minimum Gasteiger partial charge on any atom is -0.480 e. The van der Waals surface area contributed by atoms with E-state index >= 15 is 0 Å². The summed E-state index contributed by atoms with van der Waals surface area (Å²) in [6.07, 6.45) is 2.96. The number of hydrogen-bond donors (Lipinski definition) is 2. The van der Waals surface area contributed by atoms with E-state index in [1.165, 1.54) is 0 Å². The molecule has 1 rings (SSSR count). The Kier molecular flexibility index (Phi) is 4.92. The summed E-state index contributed by atoms with van der Waals surface area (Å²) >= 11 is 0. The number of carboxylic acid groups (broad SMARTS) is 2. The highest BCUT2D eigenvalue weighted by Gasteiger charge is 2.65. The smallest absolute Gasteiger partial charge is 0.330 e. The molecule has 1 aliphatic rings. The highest BCUT2D eigenvalue weighted by molar-refractivity contribution is 6.00. The molecule has 0 radical (unpaired) electrons. The van der Waals surface area contributed by atoms with Crippen LogP contribution in [0.25, 0.3) is 0 Å². The molecule has 6 nitrogen and oxygen atoms in total. The van der Waals surface area contributed by atoms with Crippen molar-refractivity contribution in [3.05, 3.63) is 12.7 Å². The first-order chi connectivity index (χ1) is 9.36. The first-order valence-electron chi connectivity index (χ1n) is 6.68. The van der Waals surface area contributed by atoms with Crippen molar-refractivity contribution >= 4 is 17.9 Å². The van der Waals surface area contributed by atoms with Crippen LogP contribution in [0.2, 0.25) is 0 Å². The molecule has 2 N–H and O–H groups in total. The van der Waals surface area contributed by atoms with Crippen molar-refractivity contribution in [2.75, 3.05) is 0 Å². The number of carbonyl (C=O) groups is 3. The van der Waals surface area contributed by atoms with E-state index in [1.54, 1.807) is 6.92 Å². The van der Waals surface area contributed by atoms with Gasteiger partial charge >= 0.3 is 17.9 Å². The van der Waals surface area contributed by atoms with Crippen LogP contribution in [0.1, 0.15) is 45.4 Å². The molecule has 20 heavy (non-hydrogen) atoms. The predicted molar refractivity (Wildman–Crippen MR) is 70.1 cm³/mol. The average molecular weight is 284 g/mol. The summed E-state index contributed by atoms with van der Waals surface area (Å²) in [5.41, 5.74) is -3.59. The maximum Gasteiger partial charge on any atom is 0.330 e. The van der Waals surface area contributed by atoms with Gasteiger partial charge in [-0.25, -0.2) is 4.79 Å². The van der Waals surface area contributed by atoms with Crippen LogP contribution in [-0.4, -0.2) is 33.7 Å². The third-order valence-electron chi connectivity index (χ3n) is 4.01. The summed E-state index contributed by atoms with van der Waals surface area (Å²) in [5, 5.41) is 19.0. The second-order valence-electron chi connectivity index (χ2n) is 5.09. The van der Waals surface area contributed by atoms with Crippen LogP contribution in [0.5, 0.6) is 0 Å². The van der Waals surface area contributed by atoms with E-state index in [2.05, 4.69) is 6.58 Å². The fourth-order valence-electron chi connectivity index (χ4n) is 3.10. The van der Waals surface area contributed by atoms with Crippen LogP contribution >= 0.6 is 0 Å². The minimum absolute atomic E-state index is 0.0396. The second kappa shape index (κ2) is 6.07. The summed E-state index contributed by atoms with van der Waals surface area (Å²) in [7, 11) is 0. The summed E-state index contributed by atoms with van der Waals surface area (Å²) in [6.45, 7) is 5.08. The Hall–Kier alpha value is -1.85. The third kappa shape index (κ3) is 2.42. The lowest BCUT2D eigenvalue weighted by molar-refractivity contribution is -0.205. The maximum atomic E-state index is 11.7. The van der Waals surface area contributed by atoms with Crippen molar-refractivity contribution in [3.8, 4) is 0 Å². The van der Waals surface area contributed by atoms with E-state index in [1.807, 2.05) is 0 Å². The molecule has 0 heterocycles. The highest BCUT2D eigenvalue weighted by atomic mass is 16.6. The van der Waals surface area contributed by atoms with E-state index < -0.39 is 28.9 Å². The normalized spacial score (nSPS) is 24.6. The number of carbonyl (C=O) groups excluding carboxylic acids is 1. The van der Waals surface area contributed by atoms with E-state index in [0.717, 1.165) is 6.08 Å². The molecule has 0 amide bonds. The predicted octanol–water partition coefficient (Wildman–Crippen LogP) is 1.98. The fourth-order valence-corrected chi connectivity index (χ4v) is 3.10. The lowest BCUT2D eigenvalue weighted by Gasteiger charge is -2.47. The Morgan fingerprint density at radius 2 is 1.75 bits per heavy atom. The van der Waals surface area contributed by atoms with Crippen LogP contribution < -0.4 is 0 Å². The van der Waals surface area contributed by atoms with Crippen molar-refractivity contribution in [1.82, 2.24) is 0 Å². The van der Waals surface area contributed by atoms with Gasteiger partial charge in [0.1, 0.15) is 5.60 Å². The molecule has 6 heteroatoms. The van der Waals surface area contributed by atoms with Crippen molar-refractivity contribution < 1.29 is 29.3 Å². The maximum absolute atomic E-state index is 11.7. The molecule has 0 saturated heterocycles. The summed E-state index contributed by atoms with van der Waals surface area (Å²) in [6, 6.07) is 0. The van der Waals surface area contributed by atoms with Gasteiger partial charge in [-0.3, -0.25) is 9.59 Å². The molecule has 1 unspecified atom stereocenters. The number of esters is 1. The van der Waals surface area contributed by atoms with Crippen molar-refractivity contribution in [3.63, 3.8) is 0 Å². The van der Waals surface area contributed by atoms with Gasteiger partial charge in [0.25, 0.3) is 0 Å². The number of hydrogen-bond acceptors (Lipinski definition) is 4. The van der Waals surface area contributed by atoms with E-state index in [4.69, 9.17) is 4.74 Å². The lowest BCUT2D eigenvalue weighted by Crippen LogP contribution is -2.61. The van der Waals surface area contributed by atoms with E-state index in [-0.39, 0.29) is 19.3 Å². The number of ether oxygens (including phenoxy) is 1. The zero-order chi connectivity index (χ0) is 15.4. The van der Waals surface area contributed by atoms with Crippen molar-refractivity contribution in [1.29, 1.82) is 0 Å². The average Bonchev–Trinajstić information content (AvgIpc) is 2.38. The standard InChI is InChI=1S/C14H20O6/c1-3-7-13(20-10(15)4-2)8-5-6-9-14(13,11(16)17)12(18)19/h4H,2-3,5-9H2,1H3,(H,16,17)(H,18,19). The summed E-state index contributed by atoms with van der Waals surface area (Å²) < 4.78 is 5.29. The van der Waals surface area contributed by atoms with Gasteiger partial charge in [0.05, 0.1) is 0 Å².